The number of aliphatic imine (C=N–C) groups is 3. The van der Waals surface area contributed by atoms with Crippen molar-refractivity contribution in [1.29, 1.82) is 0 Å². The number of benzene rings is 3. The summed E-state index contributed by atoms with van der Waals surface area (Å²) >= 11 is 0. The normalized spacial score (nSPS) is 15.3. The van der Waals surface area contributed by atoms with E-state index in [9.17, 15) is 4.79 Å². The predicted octanol–water partition coefficient (Wildman–Crippen LogP) is 11.0. The number of amides is 1. The molecular weight excluding hydrogens is 1090 g/mol. The number of hydrogen-bond donors (Lipinski definition) is 2. The first kappa shape index (κ1) is 55.2. The van der Waals surface area contributed by atoms with Crippen molar-refractivity contribution in [1.82, 2.24) is 20.2 Å². The first-order valence-corrected chi connectivity index (χ1v) is 28.4. The van der Waals surface area contributed by atoms with Crippen molar-refractivity contribution in [3.63, 3.8) is 0 Å². The van der Waals surface area contributed by atoms with Crippen molar-refractivity contribution in [2.75, 3.05) is 27.3 Å². The summed E-state index contributed by atoms with van der Waals surface area (Å²) in [5.74, 6) is 1.64. The number of fused-ring (bicyclic) bond motifs is 9. The van der Waals surface area contributed by atoms with E-state index in [-0.39, 0.29) is 25.4 Å². The maximum absolute atomic E-state index is 13.0. The first-order chi connectivity index (χ1) is 40.5. The number of unbranched alkanes of at least 4 members (excludes halogenated alkanes) is 1. The van der Waals surface area contributed by atoms with E-state index in [1.54, 1.807) is 7.11 Å². The minimum absolute atomic E-state index is 0. The van der Waals surface area contributed by atoms with Gasteiger partial charge in [0.15, 0.2) is 37.2 Å². The molecule has 84 heavy (non-hydrogen) atoms. The van der Waals surface area contributed by atoms with Crippen LogP contribution in [0.1, 0.15) is 64.9 Å². The van der Waals surface area contributed by atoms with Crippen LogP contribution in [0.5, 0.6) is 11.5 Å². The molecule has 0 saturated carbocycles. The van der Waals surface area contributed by atoms with Crippen LogP contribution in [0.25, 0.3) is 49.3 Å². The zero-order valence-corrected chi connectivity index (χ0v) is 51.2. The summed E-state index contributed by atoms with van der Waals surface area (Å²) < 4.78 is 18.1. The van der Waals surface area contributed by atoms with E-state index in [0.717, 1.165) is 127 Å². The van der Waals surface area contributed by atoms with Crippen molar-refractivity contribution in [2.45, 2.75) is 46.1 Å². The zero-order valence-electron chi connectivity index (χ0n) is 48.3. The molecule has 0 aliphatic carbocycles. The SMILES string of the molecule is COc1ccc2[nH]c3c(C)c4cc[n+](CCCCC(=O)NCCCOc5ccc(C6=C7C=CC(=N7)C(=C7C=CN(C)C=C7)C7=NC(=C(c8cc[n+](C)cc8)c8ccc([n-]8)C(c8cc[n+](C)cc8)=C8C=CC6=N8)C=C7)cc5)cc4c(C)c3c2c1.[Zn+2]. The molecule has 0 fully saturated rings. The number of pyridine rings is 3. The van der Waals surface area contributed by atoms with Crippen LogP contribution >= 0.6 is 0 Å². The molecule has 0 saturated heterocycles. The number of carbonyl (C=O) groups excluding carboxylic acids is 1. The Balaban J connectivity index is 0.00000694. The molecule has 8 bridgehead atoms. The summed E-state index contributed by atoms with van der Waals surface area (Å²) in [6, 6.07) is 29.2. The molecule has 13 rings (SSSR count). The molecule has 0 radical (unpaired) electrons. The molecule has 410 valence electrons. The minimum atomic E-state index is 0. The van der Waals surface area contributed by atoms with Gasteiger partial charge in [0, 0.05) is 102 Å². The van der Waals surface area contributed by atoms with Gasteiger partial charge in [0.2, 0.25) is 5.91 Å². The second-order valence-corrected chi connectivity index (χ2v) is 21.7. The van der Waals surface area contributed by atoms with Gasteiger partial charge in [-0.2, -0.15) is 0 Å². The van der Waals surface area contributed by atoms with Crippen LogP contribution in [0.15, 0.2) is 226 Å². The number of methoxy groups -OCH3 is 1. The Hall–Kier alpha value is -9.39. The molecule has 0 unspecified atom stereocenters. The van der Waals surface area contributed by atoms with Gasteiger partial charge >= 0.3 is 19.5 Å². The topological polar surface area (TPSA) is 129 Å². The number of aryl methyl sites for hydroxylation is 5. The van der Waals surface area contributed by atoms with E-state index >= 15 is 0 Å². The van der Waals surface area contributed by atoms with E-state index in [1.807, 2.05) is 53.4 Å². The largest absolute Gasteiger partial charge is 2.00 e. The molecule has 13 nitrogen and oxygen atoms in total. The average molecular weight is 1160 g/mol. The van der Waals surface area contributed by atoms with Crippen molar-refractivity contribution in [3.05, 3.63) is 251 Å². The number of H-pyrrole nitrogens is 1. The van der Waals surface area contributed by atoms with E-state index in [2.05, 4.69) is 194 Å². The van der Waals surface area contributed by atoms with Crippen LogP contribution in [0.4, 0.5) is 0 Å². The molecule has 1 amide bonds. The van der Waals surface area contributed by atoms with E-state index in [4.69, 9.17) is 29.4 Å². The molecule has 10 heterocycles. The second kappa shape index (κ2) is 23.5. The fourth-order valence-corrected chi connectivity index (χ4v) is 11.7. The molecule has 5 aromatic heterocycles. The van der Waals surface area contributed by atoms with Crippen LogP contribution in [0.3, 0.4) is 0 Å². The third-order valence-corrected chi connectivity index (χ3v) is 16.1. The van der Waals surface area contributed by atoms with Gasteiger partial charge < -0.3 is 29.7 Å². The summed E-state index contributed by atoms with van der Waals surface area (Å²) in [5.41, 5.74) is 18.8. The number of nitrogens with one attached hydrogen (secondary N) is 2. The molecule has 5 aliphatic heterocycles. The van der Waals surface area contributed by atoms with E-state index in [1.165, 1.54) is 38.2 Å². The summed E-state index contributed by atoms with van der Waals surface area (Å²) in [5, 5.41) is 8.00. The number of nitrogens with zero attached hydrogens (tertiary/aromatic N) is 8. The Kier molecular flexibility index (Phi) is 15.4. The van der Waals surface area contributed by atoms with Crippen LogP contribution < -0.4 is 33.5 Å². The molecule has 3 aromatic carbocycles. The van der Waals surface area contributed by atoms with Gasteiger partial charge in [-0.3, -0.25) is 4.79 Å². The molecule has 5 aliphatic rings. The monoisotopic (exact) mass is 1160 g/mol. The predicted molar refractivity (Wildman–Crippen MR) is 330 cm³/mol. The molecular formula is C70H64N10O3Zn+4. The Morgan fingerprint density at radius 3 is 1.82 bits per heavy atom. The van der Waals surface area contributed by atoms with Gasteiger partial charge in [0.25, 0.3) is 0 Å². The quantitative estimate of drug-likeness (QED) is 0.0636. The number of allylic oxidation sites excluding steroid dienone is 11. The number of ether oxygens (including phenoxy) is 2. The number of aromatic amines is 1. The van der Waals surface area contributed by atoms with Crippen molar-refractivity contribution < 1.29 is 47.4 Å². The van der Waals surface area contributed by atoms with Crippen LogP contribution in [-0.2, 0) is 44.9 Å². The van der Waals surface area contributed by atoms with Gasteiger partial charge in [-0.15, -0.1) is 11.4 Å². The van der Waals surface area contributed by atoms with Gasteiger partial charge in [-0.1, -0.05) is 24.3 Å². The average Bonchev–Trinajstić information content (AvgIpc) is 2.26. The van der Waals surface area contributed by atoms with Gasteiger partial charge in [-0.05, 0) is 156 Å². The third kappa shape index (κ3) is 10.8. The molecule has 0 atom stereocenters. The Morgan fingerprint density at radius 1 is 0.619 bits per heavy atom. The summed E-state index contributed by atoms with van der Waals surface area (Å²) in [7, 11) is 7.76. The molecule has 14 heteroatoms. The van der Waals surface area contributed by atoms with Gasteiger partial charge in [0.05, 0.1) is 53.5 Å². The molecule has 8 aromatic rings. The second-order valence-electron chi connectivity index (χ2n) is 21.7. The maximum Gasteiger partial charge on any atom is 2.00 e. The first-order valence-electron chi connectivity index (χ1n) is 28.4. The van der Waals surface area contributed by atoms with Crippen molar-refractivity contribution in [3.8, 4) is 11.5 Å². The Bertz CT molecular complexity index is 4370. The molecule has 2 N–H and O–H groups in total. The van der Waals surface area contributed by atoms with E-state index < -0.39 is 0 Å². The number of aromatic nitrogens is 5. The summed E-state index contributed by atoms with van der Waals surface area (Å²) in [6.45, 7) is 6.22. The smallest absolute Gasteiger partial charge is 0.657 e. The van der Waals surface area contributed by atoms with Gasteiger partial charge in [-0.25, -0.2) is 28.7 Å². The van der Waals surface area contributed by atoms with Crippen molar-refractivity contribution >= 4 is 72.3 Å². The van der Waals surface area contributed by atoms with Crippen LogP contribution in [-0.4, -0.2) is 60.2 Å². The molecule has 0 spiro atoms. The Morgan fingerprint density at radius 2 is 1.20 bits per heavy atom. The maximum atomic E-state index is 13.0. The zero-order chi connectivity index (χ0) is 56.7. The number of rotatable bonds is 14. The summed E-state index contributed by atoms with van der Waals surface area (Å²) in [6.07, 6.45) is 36.3. The fraction of sp³-hybridized carbons (Fsp3) is 0.186. The third-order valence-electron chi connectivity index (χ3n) is 16.1. The number of hydrogen-bond acceptors (Lipinski definition) is 7. The standard InChI is InChI=1S/C70H62N10O3.Zn/c1-44-54-43-80(40-31-52(54)45(2)70-65(44)53-42-51(82-6)15-16-55(53)76-70)33-8-7-10-64(81)71-32-9-41-83-50-13-11-46(12-14-50)66-56-17-19-58(72-56)67(47-25-34-77(3)35-26-47)60-21-23-62(74-60)69(49-29-38-79(5)39-30-49)63-24-22-61(75-63)68(59-20-18-57(66)73-59)48-27-36-78(4)37-28-48;/h11-31,34-40,42-43H,7-10,32-33,41H2,1-6H3;/q;+2/p+2. The van der Waals surface area contributed by atoms with Gasteiger partial charge in [0.1, 0.15) is 32.1 Å². The Labute approximate surface area is 501 Å². The van der Waals surface area contributed by atoms with Crippen LogP contribution in [0, 0.1) is 13.8 Å². The number of carbonyl (C=O) groups is 1. The summed E-state index contributed by atoms with van der Waals surface area (Å²) in [4.78, 5) is 40.4. The van der Waals surface area contributed by atoms with Crippen LogP contribution in [0.2, 0.25) is 0 Å². The van der Waals surface area contributed by atoms with Crippen molar-refractivity contribution in [2.24, 2.45) is 29.1 Å². The fourth-order valence-electron chi connectivity index (χ4n) is 11.7. The minimum Gasteiger partial charge on any atom is -0.657 e. The van der Waals surface area contributed by atoms with E-state index in [0.29, 0.717) is 26.0 Å².